The molecule has 1 aliphatic heterocycles. The SMILES string of the molecule is COC(=O)C1CC(NCC2CCC2)CN(CC2CC2)C1. The Morgan fingerprint density at radius 3 is 2.60 bits per heavy atom. The van der Waals surface area contributed by atoms with Crippen molar-refractivity contribution in [2.24, 2.45) is 17.8 Å². The van der Waals surface area contributed by atoms with Crippen molar-refractivity contribution in [1.29, 1.82) is 0 Å². The van der Waals surface area contributed by atoms with E-state index in [0.29, 0.717) is 6.04 Å². The van der Waals surface area contributed by atoms with Gasteiger partial charge in [0.05, 0.1) is 13.0 Å². The number of piperidine rings is 1. The van der Waals surface area contributed by atoms with Crippen molar-refractivity contribution < 1.29 is 9.53 Å². The van der Waals surface area contributed by atoms with Crippen LogP contribution in [0.15, 0.2) is 0 Å². The molecule has 1 N–H and O–H groups in total. The summed E-state index contributed by atoms with van der Waals surface area (Å²) in [6.07, 6.45) is 7.85. The van der Waals surface area contributed by atoms with E-state index in [0.717, 1.165) is 37.9 Å². The number of methoxy groups -OCH3 is 1. The van der Waals surface area contributed by atoms with Crippen LogP contribution in [0.1, 0.15) is 38.5 Å². The molecule has 0 radical (unpaired) electrons. The van der Waals surface area contributed by atoms with Gasteiger partial charge in [-0.1, -0.05) is 6.42 Å². The molecule has 1 saturated heterocycles. The quantitative estimate of drug-likeness (QED) is 0.751. The van der Waals surface area contributed by atoms with Crippen LogP contribution in [0, 0.1) is 17.8 Å². The van der Waals surface area contributed by atoms with E-state index in [2.05, 4.69) is 10.2 Å². The lowest BCUT2D eigenvalue weighted by molar-refractivity contribution is -0.147. The zero-order valence-corrected chi connectivity index (χ0v) is 12.6. The third-order valence-electron chi connectivity index (χ3n) is 5.19. The Bertz CT molecular complexity index is 339. The molecule has 3 rings (SSSR count). The fraction of sp³-hybridized carbons (Fsp3) is 0.938. The van der Waals surface area contributed by atoms with Crippen LogP contribution < -0.4 is 5.32 Å². The van der Waals surface area contributed by atoms with Gasteiger partial charge in [0.1, 0.15) is 0 Å². The third-order valence-corrected chi connectivity index (χ3v) is 5.19. The van der Waals surface area contributed by atoms with Crippen LogP contribution in [-0.4, -0.2) is 50.2 Å². The maximum Gasteiger partial charge on any atom is 0.310 e. The molecule has 2 unspecified atom stereocenters. The highest BCUT2D eigenvalue weighted by Crippen LogP contribution is 2.31. The molecule has 1 heterocycles. The van der Waals surface area contributed by atoms with Gasteiger partial charge in [0.25, 0.3) is 0 Å². The minimum absolute atomic E-state index is 0.0269. The molecule has 114 valence electrons. The maximum absolute atomic E-state index is 11.9. The Morgan fingerprint density at radius 1 is 1.20 bits per heavy atom. The third kappa shape index (κ3) is 3.73. The summed E-state index contributed by atoms with van der Waals surface area (Å²) >= 11 is 0. The molecule has 2 atom stereocenters. The Hall–Kier alpha value is -0.610. The topological polar surface area (TPSA) is 41.6 Å². The summed E-state index contributed by atoms with van der Waals surface area (Å²) in [6.45, 7) is 4.31. The molecule has 4 nitrogen and oxygen atoms in total. The van der Waals surface area contributed by atoms with Crippen molar-refractivity contribution in [3.05, 3.63) is 0 Å². The van der Waals surface area contributed by atoms with Crippen molar-refractivity contribution in [3.8, 4) is 0 Å². The van der Waals surface area contributed by atoms with E-state index in [1.165, 1.54) is 45.8 Å². The van der Waals surface area contributed by atoms with Crippen molar-refractivity contribution >= 4 is 5.97 Å². The van der Waals surface area contributed by atoms with Crippen LogP contribution in [0.5, 0.6) is 0 Å². The monoisotopic (exact) mass is 280 g/mol. The highest BCUT2D eigenvalue weighted by Gasteiger charge is 2.35. The molecule has 3 fully saturated rings. The Labute approximate surface area is 122 Å². The minimum Gasteiger partial charge on any atom is -0.469 e. The van der Waals surface area contributed by atoms with Gasteiger partial charge in [-0.05, 0) is 50.5 Å². The van der Waals surface area contributed by atoms with Crippen LogP contribution in [0.3, 0.4) is 0 Å². The van der Waals surface area contributed by atoms with Gasteiger partial charge in [0, 0.05) is 25.7 Å². The fourth-order valence-electron chi connectivity index (χ4n) is 3.52. The molecule has 4 heteroatoms. The summed E-state index contributed by atoms with van der Waals surface area (Å²) in [5, 5.41) is 3.71. The standard InChI is InChI=1S/C16H28N2O2/c1-20-16(19)14-7-15(17-8-12-3-2-4-12)11-18(10-14)9-13-5-6-13/h12-15,17H,2-11H2,1H3. The molecule has 0 bridgehead atoms. The zero-order chi connectivity index (χ0) is 13.9. The van der Waals surface area contributed by atoms with Crippen LogP contribution >= 0.6 is 0 Å². The number of ether oxygens (including phenoxy) is 1. The van der Waals surface area contributed by atoms with E-state index >= 15 is 0 Å². The number of carbonyl (C=O) groups excluding carboxylic acids is 1. The van der Waals surface area contributed by atoms with E-state index in [1.807, 2.05) is 0 Å². The summed E-state index contributed by atoms with van der Waals surface area (Å²) in [5.74, 6) is 1.80. The van der Waals surface area contributed by atoms with Crippen LogP contribution in [0.2, 0.25) is 0 Å². The van der Waals surface area contributed by atoms with Crippen LogP contribution in [-0.2, 0) is 9.53 Å². The molecule has 0 amide bonds. The van der Waals surface area contributed by atoms with Crippen molar-refractivity contribution in [2.75, 3.05) is 33.3 Å². The van der Waals surface area contributed by atoms with Gasteiger partial charge in [-0.15, -0.1) is 0 Å². The molecular weight excluding hydrogens is 252 g/mol. The lowest BCUT2D eigenvalue weighted by atomic mass is 9.85. The molecule has 2 saturated carbocycles. The number of hydrogen-bond donors (Lipinski definition) is 1. The lowest BCUT2D eigenvalue weighted by Crippen LogP contribution is -2.52. The second-order valence-corrected chi connectivity index (χ2v) is 7.02. The Balaban J connectivity index is 1.51. The number of esters is 1. The van der Waals surface area contributed by atoms with Gasteiger partial charge in [0.15, 0.2) is 0 Å². The van der Waals surface area contributed by atoms with Gasteiger partial charge in [-0.25, -0.2) is 0 Å². The van der Waals surface area contributed by atoms with Crippen molar-refractivity contribution in [1.82, 2.24) is 10.2 Å². The second-order valence-electron chi connectivity index (χ2n) is 7.02. The lowest BCUT2D eigenvalue weighted by Gasteiger charge is -2.38. The smallest absolute Gasteiger partial charge is 0.310 e. The van der Waals surface area contributed by atoms with E-state index in [4.69, 9.17) is 4.74 Å². The zero-order valence-electron chi connectivity index (χ0n) is 12.6. The van der Waals surface area contributed by atoms with E-state index in [1.54, 1.807) is 0 Å². The summed E-state index contributed by atoms with van der Waals surface area (Å²) in [4.78, 5) is 14.4. The molecular formula is C16H28N2O2. The average Bonchev–Trinajstić information content (AvgIpc) is 3.19. The first kappa shape index (κ1) is 14.3. The summed E-state index contributed by atoms with van der Waals surface area (Å²) in [5.41, 5.74) is 0. The molecule has 2 aliphatic carbocycles. The van der Waals surface area contributed by atoms with Crippen molar-refractivity contribution in [2.45, 2.75) is 44.6 Å². The molecule has 0 aromatic rings. The predicted octanol–water partition coefficient (Wildman–Crippen LogP) is 1.65. The number of hydrogen-bond acceptors (Lipinski definition) is 4. The molecule has 0 spiro atoms. The van der Waals surface area contributed by atoms with Crippen LogP contribution in [0.25, 0.3) is 0 Å². The number of nitrogens with zero attached hydrogens (tertiary/aromatic N) is 1. The van der Waals surface area contributed by atoms with Gasteiger partial charge in [0.2, 0.25) is 0 Å². The summed E-state index contributed by atoms with van der Waals surface area (Å²) in [6, 6.07) is 0.465. The first-order valence-corrected chi connectivity index (χ1v) is 8.28. The van der Waals surface area contributed by atoms with E-state index in [9.17, 15) is 4.79 Å². The highest BCUT2D eigenvalue weighted by atomic mass is 16.5. The molecule has 3 aliphatic rings. The van der Waals surface area contributed by atoms with E-state index in [-0.39, 0.29) is 11.9 Å². The average molecular weight is 280 g/mol. The molecule has 20 heavy (non-hydrogen) atoms. The minimum atomic E-state index is -0.0269. The first-order chi connectivity index (χ1) is 9.74. The molecule has 0 aromatic carbocycles. The highest BCUT2D eigenvalue weighted by molar-refractivity contribution is 5.72. The predicted molar refractivity (Wildman–Crippen MR) is 78.4 cm³/mol. The summed E-state index contributed by atoms with van der Waals surface area (Å²) < 4.78 is 4.97. The Morgan fingerprint density at radius 2 is 2.00 bits per heavy atom. The second kappa shape index (κ2) is 6.44. The van der Waals surface area contributed by atoms with Gasteiger partial charge in [-0.3, -0.25) is 4.79 Å². The fourth-order valence-corrected chi connectivity index (χ4v) is 3.52. The normalized spacial score (nSPS) is 31.9. The van der Waals surface area contributed by atoms with Crippen molar-refractivity contribution in [3.63, 3.8) is 0 Å². The Kier molecular flexibility index (Phi) is 4.61. The largest absolute Gasteiger partial charge is 0.469 e. The van der Waals surface area contributed by atoms with Gasteiger partial charge in [-0.2, -0.15) is 0 Å². The van der Waals surface area contributed by atoms with Gasteiger partial charge < -0.3 is 15.0 Å². The molecule has 0 aromatic heterocycles. The van der Waals surface area contributed by atoms with E-state index < -0.39 is 0 Å². The number of carbonyl (C=O) groups is 1. The number of rotatable bonds is 6. The number of likely N-dealkylation sites (tertiary alicyclic amines) is 1. The maximum atomic E-state index is 11.9. The first-order valence-electron chi connectivity index (χ1n) is 8.28. The van der Waals surface area contributed by atoms with Crippen LogP contribution in [0.4, 0.5) is 0 Å². The number of nitrogens with one attached hydrogen (secondary N) is 1. The summed E-state index contributed by atoms with van der Waals surface area (Å²) in [7, 11) is 1.51. The van der Waals surface area contributed by atoms with Gasteiger partial charge >= 0.3 is 5.97 Å².